The van der Waals surface area contributed by atoms with Crippen molar-refractivity contribution in [1.29, 1.82) is 0 Å². The van der Waals surface area contributed by atoms with Crippen LogP contribution >= 0.6 is 0 Å². The third-order valence-corrected chi connectivity index (χ3v) is 1.42. The molecule has 2 aromatic rings. The van der Waals surface area contributed by atoms with Gasteiger partial charge in [-0.3, -0.25) is 5.10 Å². The Morgan fingerprint density at radius 3 is 2.83 bits per heavy atom. The molecule has 0 amide bonds. The van der Waals surface area contributed by atoms with Gasteiger partial charge in [0.2, 0.25) is 0 Å². The van der Waals surface area contributed by atoms with E-state index in [2.05, 4.69) is 20.2 Å². The zero-order valence-corrected chi connectivity index (χ0v) is 7.50. The van der Waals surface area contributed by atoms with Gasteiger partial charge in [0.1, 0.15) is 6.33 Å². The van der Waals surface area contributed by atoms with Gasteiger partial charge < -0.3 is 0 Å². The zero-order chi connectivity index (χ0) is 8.97. The average molecular weight is 166 g/mol. The molecular formula is C8H14N4. The molecule has 0 atom stereocenters. The molecule has 1 N–H and O–H groups in total. The number of nitrogens with one attached hydrogen (secondary N) is 1. The van der Waals surface area contributed by atoms with E-state index in [1.807, 2.05) is 20.8 Å². The minimum atomic E-state index is 0. The molecule has 4 nitrogen and oxygen atoms in total. The minimum Gasteiger partial charge on any atom is -0.280 e. The Balaban J connectivity index is 0.000000451. The van der Waals surface area contributed by atoms with Crippen LogP contribution in [0.5, 0.6) is 0 Å². The van der Waals surface area contributed by atoms with E-state index in [4.69, 9.17) is 0 Å². The summed E-state index contributed by atoms with van der Waals surface area (Å²) < 4.78 is 0. The first-order valence-corrected chi connectivity index (χ1v) is 3.98. The maximum Gasteiger partial charge on any atom is 0.184 e. The van der Waals surface area contributed by atoms with Crippen LogP contribution < -0.4 is 0 Å². The van der Waals surface area contributed by atoms with Crippen LogP contribution in [0, 0.1) is 6.92 Å². The van der Waals surface area contributed by atoms with Gasteiger partial charge in [-0.25, -0.2) is 9.97 Å². The van der Waals surface area contributed by atoms with Crippen LogP contribution in [0.25, 0.3) is 11.0 Å². The first kappa shape index (κ1) is 8.64. The number of fused-ring (bicyclic) bond motifs is 1. The van der Waals surface area contributed by atoms with Crippen LogP contribution in [-0.2, 0) is 0 Å². The third-order valence-electron chi connectivity index (χ3n) is 1.42. The van der Waals surface area contributed by atoms with Crippen LogP contribution in [0.4, 0.5) is 0 Å². The van der Waals surface area contributed by atoms with Gasteiger partial charge in [-0.1, -0.05) is 13.8 Å². The quantitative estimate of drug-likeness (QED) is 0.650. The molecular weight excluding hydrogens is 152 g/mol. The van der Waals surface area contributed by atoms with Gasteiger partial charge in [0, 0.05) is 13.3 Å². The lowest BCUT2D eigenvalue weighted by Gasteiger charge is -1.83. The van der Waals surface area contributed by atoms with Gasteiger partial charge in [0.15, 0.2) is 5.65 Å². The molecule has 66 valence electrons. The Morgan fingerprint density at radius 2 is 2.17 bits per heavy atom. The van der Waals surface area contributed by atoms with Crippen LogP contribution in [0.15, 0.2) is 12.5 Å². The van der Waals surface area contributed by atoms with Crippen molar-refractivity contribution in [2.75, 3.05) is 0 Å². The molecule has 2 heterocycles. The second-order valence-corrected chi connectivity index (χ2v) is 2.11. The van der Waals surface area contributed by atoms with Crippen molar-refractivity contribution in [3.05, 3.63) is 18.2 Å². The van der Waals surface area contributed by atoms with E-state index in [1.54, 1.807) is 6.20 Å². The molecule has 4 heteroatoms. The first-order chi connectivity index (χ1) is 5.88. The van der Waals surface area contributed by atoms with Gasteiger partial charge in [0.05, 0.1) is 5.39 Å². The summed E-state index contributed by atoms with van der Waals surface area (Å²) in [5.41, 5.74) is 1.74. The van der Waals surface area contributed by atoms with Crippen molar-refractivity contribution in [1.82, 2.24) is 20.2 Å². The van der Waals surface area contributed by atoms with Crippen LogP contribution in [0.3, 0.4) is 0 Å². The number of rotatable bonds is 0. The number of hydrogen-bond acceptors (Lipinski definition) is 3. The maximum atomic E-state index is 3.95. The topological polar surface area (TPSA) is 54.5 Å². The van der Waals surface area contributed by atoms with Crippen molar-refractivity contribution in [2.45, 2.75) is 20.8 Å². The van der Waals surface area contributed by atoms with Crippen molar-refractivity contribution in [3.8, 4) is 0 Å². The maximum absolute atomic E-state index is 3.95. The van der Waals surface area contributed by atoms with Gasteiger partial charge in [-0.2, -0.15) is 5.10 Å². The van der Waals surface area contributed by atoms with E-state index in [0.717, 1.165) is 16.7 Å². The summed E-state index contributed by atoms with van der Waals surface area (Å²) >= 11 is 0. The average Bonchev–Trinajstić information content (AvgIpc) is 2.53. The van der Waals surface area contributed by atoms with Crippen LogP contribution in [-0.4, -0.2) is 20.2 Å². The van der Waals surface area contributed by atoms with E-state index in [-0.39, 0.29) is 1.43 Å². The van der Waals surface area contributed by atoms with Gasteiger partial charge in [-0.15, -0.1) is 0 Å². The van der Waals surface area contributed by atoms with Crippen molar-refractivity contribution in [2.24, 2.45) is 0 Å². The predicted octanol–water partition coefficient (Wildman–Crippen LogP) is 1.93. The highest BCUT2D eigenvalue weighted by Gasteiger charge is 1.98. The summed E-state index contributed by atoms with van der Waals surface area (Å²) in [5.74, 6) is 0. The minimum absolute atomic E-state index is 0. The summed E-state index contributed by atoms with van der Waals surface area (Å²) in [4.78, 5) is 7.82. The molecule has 2 aromatic heterocycles. The molecule has 0 spiro atoms. The molecule has 0 saturated carbocycles. The van der Waals surface area contributed by atoms with E-state index < -0.39 is 0 Å². The second kappa shape index (κ2) is 3.80. The highest BCUT2D eigenvalue weighted by molar-refractivity contribution is 5.75. The van der Waals surface area contributed by atoms with E-state index in [1.165, 1.54) is 6.33 Å². The van der Waals surface area contributed by atoms with E-state index in [0.29, 0.717) is 0 Å². The molecule has 2 rings (SSSR count). The Bertz CT molecular complexity index is 358. The number of aromatic nitrogens is 4. The summed E-state index contributed by atoms with van der Waals surface area (Å²) in [6.45, 7) is 5.94. The molecule has 0 aliphatic carbocycles. The zero-order valence-electron chi connectivity index (χ0n) is 7.50. The van der Waals surface area contributed by atoms with E-state index >= 15 is 0 Å². The predicted molar refractivity (Wildman–Crippen MR) is 49.9 cm³/mol. The van der Waals surface area contributed by atoms with Crippen molar-refractivity contribution < 1.29 is 1.43 Å². The smallest absolute Gasteiger partial charge is 0.184 e. The number of aryl methyl sites for hydroxylation is 1. The highest BCUT2D eigenvalue weighted by atomic mass is 15.2. The van der Waals surface area contributed by atoms with Crippen LogP contribution in [0.1, 0.15) is 21.0 Å². The molecule has 0 aliphatic heterocycles. The Labute approximate surface area is 72.5 Å². The molecule has 0 bridgehead atoms. The molecule has 0 radical (unpaired) electrons. The normalized spacial score (nSPS) is 9.25. The fourth-order valence-corrected chi connectivity index (χ4v) is 0.874. The number of H-pyrrole nitrogens is 1. The van der Waals surface area contributed by atoms with Crippen LogP contribution in [0.2, 0.25) is 0 Å². The monoisotopic (exact) mass is 166 g/mol. The fraction of sp³-hybridized carbons (Fsp3) is 0.375. The lowest BCUT2D eigenvalue weighted by molar-refractivity contribution is 1.05. The Morgan fingerprint density at radius 1 is 1.42 bits per heavy atom. The standard InChI is InChI=1S/C6H6N4.C2H6.H2/c1-4-5-2-7-3-8-6(5)10-9-4;1-2;/h2-3H,1H3,(H,7,8,9,10);1-2H3;1H. The summed E-state index contributed by atoms with van der Waals surface area (Å²) in [6, 6.07) is 0. The third kappa shape index (κ3) is 1.42. The molecule has 0 fully saturated rings. The summed E-state index contributed by atoms with van der Waals surface area (Å²) in [6.07, 6.45) is 3.24. The molecule has 0 aromatic carbocycles. The molecule has 0 unspecified atom stereocenters. The molecule has 0 aliphatic rings. The lowest BCUT2D eigenvalue weighted by Crippen LogP contribution is -1.76. The number of hydrogen-bond donors (Lipinski definition) is 1. The SMILES string of the molecule is CC.Cc1[nH]nc2ncncc12.[HH]. The number of aromatic amines is 1. The largest absolute Gasteiger partial charge is 0.280 e. The Kier molecular flexibility index (Phi) is 2.74. The Hall–Kier alpha value is -1.45. The molecule has 0 saturated heterocycles. The van der Waals surface area contributed by atoms with E-state index in [9.17, 15) is 0 Å². The summed E-state index contributed by atoms with van der Waals surface area (Å²) in [7, 11) is 0. The second-order valence-electron chi connectivity index (χ2n) is 2.11. The summed E-state index contributed by atoms with van der Waals surface area (Å²) in [5, 5.41) is 7.75. The number of nitrogens with zero attached hydrogens (tertiary/aromatic N) is 3. The van der Waals surface area contributed by atoms with Gasteiger partial charge in [-0.05, 0) is 6.92 Å². The lowest BCUT2D eigenvalue weighted by atomic mass is 10.3. The highest BCUT2D eigenvalue weighted by Crippen LogP contribution is 2.08. The van der Waals surface area contributed by atoms with Crippen molar-refractivity contribution >= 4 is 11.0 Å². The fourth-order valence-electron chi connectivity index (χ4n) is 0.874. The van der Waals surface area contributed by atoms with Crippen molar-refractivity contribution in [3.63, 3.8) is 0 Å². The van der Waals surface area contributed by atoms with Gasteiger partial charge >= 0.3 is 0 Å². The molecule has 12 heavy (non-hydrogen) atoms. The van der Waals surface area contributed by atoms with Gasteiger partial charge in [0.25, 0.3) is 0 Å². The first-order valence-electron chi connectivity index (χ1n) is 3.98.